The van der Waals surface area contributed by atoms with Gasteiger partial charge in [0.15, 0.2) is 0 Å². The van der Waals surface area contributed by atoms with Crippen LogP contribution in [0.15, 0.2) is 41.6 Å². The number of hydrogen-bond donors (Lipinski definition) is 2. The predicted molar refractivity (Wildman–Crippen MR) is 78.6 cm³/mol. The Morgan fingerprint density at radius 1 is 1.26 bits per heavy atom. The molecule has 1 heterocycles. The molecule has 0 bridgehead atoms. The van der Waals surface area contributed by atoms with E-state index >= 15 is 0 Å². The summed E-state index contributed by atoms with van der Waals surface area (Å²) in [7, 11) is 0. The van der Waals surface area contributed by atoms with Crippen LogP contribution in [0, 0.1) is 0 Å². The van der Waals surface area contributed by atoms with Gasteiger partial charge in [-0.15, -0.1) is 0 Å². The fourth-order valence-electron chi connectivity index (χ4n) is 1.59. The maximum absolute atomic E-state index is 11.8. The van der Waals surface area contributed by atoms with Crippen LogP contribution in [-0.4, -0.2) is 15.2 Å². The number of anilines is 1. The molecule has 1 aromatic heterocycles. The quantitative estimate of drug-likeness (QED) is 0.813. The number of aromatic nitrogens is 2. The van der Waals surface area contributed by atoms with E-state index in [0.29, 0.717) is 5.95 Å². The molecule has 0 fully saturated rings. The van der Waals surface area contributed by atoms with Gasteiger partial charge in [0.2, 0.25) is 5.95 Å². The van der Waals surface area contributed by atoms with E-state index in [1.54, 1.807) is 12.4 Å². The minimum absolute atomic E-state index is 0.125. The van der Waals surface area contributed by atoms with Crippen molar-refractivity contribution in [3.8, 4) is 0 Å². The molecule has 0 spiro atoms. The second-order valence-electron chi connectivity index (χ2n) is 5.23. The largest absolute Gasteiger partial charge is 0.331 e. The number of amides is 1. The van der Waals surface area contributed by atoms with Gasteiger partial charge in [0.05, 0.1) is 0 Å². The molecule has 0 aliphatic rings. The molecule has 2 N–H and O–H groups in total. The van der Waals surface area contributed by atoms with E-state index in [4.69, 9.17) is 0 Å². The van der Waals surface area contributed by atoms with Gasteiger partial charge in [-0.3, -0.25) is 10.1 Å². The zero-order valence-corrected chi connectivity index (χ0v) is 12.0. The first-order chi connectivity index (χ1) is 8.95. The number of thioether (sulfide) groups is 1. The average molecular weight is 275 g/mol. The van der Waals surface area contributed by atoms with E-state index in [0.717, 1.165) is 16.7 Å². The van der Waals surface area contributed by atoms with Gasteiger partial charge in [0.25, 0.3) is 5.24 Å². The summed E-state index contributed by atoms with van der Waals surface area (Å²) in [5, 5.41) is 2.52. The fraction of sp³-hybridized carbons (Fsp3) is 0.286. The first kappa shape index (κ1) is 13.7. The lowest BCUT2D eigenvalue weighted by molar-refractivity contribution is 0.269. The molecule has 0 saturated carbocycles. The molecule has 0 saturated heterocycles. The molecule has 2 aromatic rings. The summed E-state index contributed by atoms with van der Waals surface area (Å²) in [6.07, 6.45) is 3.26. The van der Waals surface area contributed by atoms with Crippen LogP contribution in [0.25, 0.3) is 0 Å². The second-order valence-corrected chi connectivity index (χ2v) is 6.27. The molecule has 19 heavy (non-hydrogen) atoms. The number of carbonyl (C=O) groups is 1. The van der Waals surface area contributed by atoms with Crippen molar-refractivity contribution in [2.24, 2.45) is 0 Å². The number of hydrogen-bond acceptors (Lipinski definition) is 3. The van der Waals surface area contributed by atoms with E-state index in [9.17, 15) is 4.79 Å². The van der Waals surface area contributed by atoms with Crippen molar-refractivity contribution in [2.45, 2.75) is 31.1 Å². The summed E-state index contributed by atoms with van der Waals surface area (Å²) in [5.41, 5.74) is 1.38. The van der Waals surface area contributed by atoms with Gasteiger partial charge in [-0.05, 0) is 34.9 Å². The highest BCUT2D eigenvalue weighted by molar-refractivity contribution is 8.13. The smallest absolute Gasteiger partial charge is 0.290 e. The number of H-pyrrole nitrogens is 1. The van der Waals surface area contributed by atoms with Crippen molar-refractivity contribution in [1.29, 1.82) is 0 Å². The van der Waals surface area contributed by atoms with Crippen molar-refractivity contribution in [2.75, 3.05) is 5.32 Å². The molecule has 0 atom stereocenters. The number of nitrogens with zero attached hydrogens (tertiary/aromatic N) is 1. The Morgan fingerprint density at radius 3 is 2.47 bits per heavy atom. The number of nitrogens with one attached hydrogen (secondary N) is 2. The first-order valence-electron chi connectivity index (χ1n) is 6.04. The van der Waals surface area contributed by atoms with Crippen molar-refractivity contribution in [3.63, 3.8) is 0 Å². The number of carbonyl (C=O) groups excluding carboxylic acids is 1. The Balaban J connectivity index is 1.98. The normalized spacial score (nSPS) is 11.3. The van der Waals surface area contributed by atoms with Crippen molar-refractivity contribution in [3.05, 3.63) is 42.2 Å². The monoisotopic (exact) mass is 275 g/mol. The molecule has 2 rings (SSSR count). The van der Waals surface area contributed by atoms with Crippen LogP contribution in [0.1, 0.15) is 26.3 Å². The maximum atomic E-state index is 11.8. The van der Waals surface area contributed by atoms with Gasteiger partial charge in [-0.25, -0.2) is 4.98 Å². The van der Waals surface area contributed by atoms with Crippen molar-refractivity contribution >= 4 is 22.9 Å². The lowest BCUT2D eigenvalue weighted by Gasteiger charge is -2.18. The van der Waals surface area contributed by atoms with Gasteiger partial charge in [0.1, 0.15) is 0 Å². The minimum atomic E-state index is -0.154. The molecular formula is C14H17N3OS. The van der Waals surface area contributed by atoms with Gasteiger partial charge in [0, 0.05) is 17.3 Å². The molecule has 5 heteroatoms. The SMILES string of the molecule is CC(C)(C)c1ccc(SC(=O)Nc2ncc[nH]2)cc1. The van der Waals surface area contributed by atoms with Crippen LogP contribution in [0.5, 0.6) is 0 Å². The highest BCUT2D eigenvalue weighted by atomic mass is 32.2. The Morgan fingerprint density at radius 2 is 1.95 bits per heavy atom. The minimum Gasteiger partial charge on any atom is -0.331 e. The van der Waals surface area contributed by atoms with Gasteiger partial charge >= 0.3 is 0 Å². The predicted octanol–water partition coefficient (Wildman–Crippen LogP) is 4.03. The Labute approximate surface area is 117 Å². The standard InChI is InChI=1S/C14H17N3OS/c1-14(2,3)10-4-6-11(7-5-10)19-13(18)17-12-15-8-9-16-12/h4-9H,1-3H3,(H2,15,16,17,18). The van der Waals surface area contributed by atoms with Crippen molar-refractivity contribution in [1.82, 2.24) is 9.97 Å². The fourth-order valence-corrected chi connectivity index (χ4v) is 2.22. The third-order valence-electron chi connectivity index (χ3n) is 2.65. The van der Waals surface area contributed by atoms with Crippen LogP contribution >= 0.6 is 11.8 Å². The number of rotatable bonds is 2. The van der Waals surface area contributed by atoms with Gasteiger partial charge in [-0.2, -0.15) is 0 Å². The molecule has 1 aromatic carbocycles. The second kappa shape index (κ2) is 5.48. The average Bonchev–Trinajstić information content (AvgIpc) is 2.81. The van der Waals surface area contributed by atoms with Gasteiger partial charge in [-0.1, -0.05) is 32.9 Å². The third-order valence-corrected chi connectivity index (χ3v) is 3.44. The lowest BCUT2D eigenvalue weighted by Crippen LogP contribution is -2.10. The zero-order chi connectivity index (χ0) is 13.9. The van der Waals surface area contributed by atoms with Gasteiger partial charge < -0.3 is 4.98 Å². The van der Waals surface area contributed by atoms with E-state index in [-0.39, 0.29) is 10.7 Å². The van der Waals surface area contributed by atoms with E-state index in [1.807, 2.05) is 12.1 Å². The number of aromatic amines is 1. The summed E-state index contributed by atoms with van der Waals surface area (Å²) in [6.45, 7) is 6.50. The van der Waals surface area contributed by atoms with Crippen LogP contribution in [0.4, 0.5) is 10.7 Å². The molecule has 1 amide bonds. The Hall–Kier alpha value is -1.75. The summed E-state index contributed by atoms with van der Waals surface area (Å²) in [5.74, 6) is 0.462. The van der Waals surface area contributed by atoms with E-state index in [1.165, 1.54) is 5.56 Å². The summed E-state index contributed by atoms with van der Waals surface area (Å²) < 4.78 is 0. The van der Waals surface area contributed by atoms with E-state index < -0.39 is 0 Å². The van der Waals surface area contributed by atoms with Crippen LogP contribution in [0.2, 0.25) is 0 Å². The summed E-state index contributed by atoms with van der Waals surface area (Å²) in [6, 6.07) is 8.05. The third kappa shape index (κ3) is 3.86. The zero-order valence-electron chi connectivity index (χ0n) is 11.2. The first-order valence-corrected chi connectivity index (χ1v) is 6.85. The molecule has 0 aliphatic heterocycles. The topological polar surface area (TPSA) is 57.8 Å². The molecular weight excluding hydrogens is 258 g/mol. The number of benzene rings is 1. The molecule has 0 unspecified atom stereocenters. The molecule has 4 nitrogen and oxygen atoms in total. The maximum Gasteiger partial charge on any atom is 0.290 e. The Kier molecular flexibility index (Phi) is 3.95. The highest BCUT2D eigenvalue weighted by Crippen LogP contribution is 2.26. The molecule has 0 radical (unpaired) electrons. The summed E-state index contributed by atoms with van der Waals surface area (Å²) >= 11 is 1.15. The summed E-state index contributed by atoms with van der Waals surface area (Å²) in [4.78, 5) is 19.4. The van der Waals surface area contributed by atoms with E-state index in [2.05, 4.69) is 48.2 Å². The molecule has 100 valence electrons. The molecule has 0 aliphatic carbocycles. The van der Waals surface area contributed by atoms with Crippen LogP contribution in [-0.2, 0) is 5.41 Å². The van der Waals surface area contributed by atoms with Crippen LogP contribution in [0.3, 0.4) is 0 Å². The van der Waals surface area contributed by atoms with Crippen LogP contribution < -0.4 is 5.32 Å². The van der Waals surface area contributed by atoms with Crippen molar-refractivity contribution < 1.29 is 4.79 Å². The lowest BCUT2D eigenvalue weighted by atomic mass is 9.87. The number of imidazole rings is 1. The Bertz CT molecular complexity index is 541. The highest BCUT2D eigenvalue weighted by Gasteiger charge is 2.13.